The third kappa shape index (κ3) is 22.7. The summed E-state index contributed by atoms with van der Waals surface area (Å²) in [6.07, 6.45) is 31.0. The van der Waals surface area contributed by atoms with Crippen LogP contribution in [0.4, 0.5) is 0 Å². The van der Waals surface area contributed by atoms with Crippen LogP contribution in [0.1, 0.15) is 142 Å². The van der Waals surface area contributed by atoms with Crippen molar-refractivity contribution in [2.45, 2.75) is 142 Å². The molecule has 0 spiro atoms. The number of hydrogen-bond donors (Lipinski definition) is 0. The zero-order valence-electron chi connectivity index (χ0n) is 16.9. The zero-order chi connectivity index (χ0) is 17.6. The summed E-state index contributed by atoms with van der Waals surface area (Å²) < 4.78 is 1.34. The smallest absolute Gasteiger partial charge is 0.000473 e. The molecule has 0 aliphatic carbocycles. The molecular formula is C23H47I. The third-order valence-electron chi connectivity index (χ3n) is 5.24. The Labute approximate surface area is 168 Å². The number of alkyl halides is 1. The first-order chi connectivity index (χ1) is 11.9. The molecule has 0 nitrogen and oxygen atoms in total. The molecule has 0 atom stereocenters. The molecule has 0 amide bonds. The van der Waals surface area contributed by atoms with Crippen LogP contribution in [0.2, 0.25) is 0 Å². The first-order valence-electron chi connectivity index (χ1n) is 11.5. The fourth-order valence-electron chi connectivity index (χ4n) is 3.53. The van der Waals surface area contributed by atoms with Crippen molar-refractivity contribution in [3.8, 4) is 0 Å². The molecule has 0 saturated heterocycles. The van der Waals surface area contributed by atoms with Gasteiger partial charge in [0.2, 0.25) is 0 Å². The molecule has 0 aliphatic heterocycles. The van der Waals surface area contributed by atoms with Gasteiger partial charge >= 0.3 is 0 Å². The van der Waals surface area contributed by atoms with E-state index in [9.17, 15) is 0 Å². The quantitative estimate of drug-likeness (QED) is 0.0927. The van der Waals surface area contributed by atoms with Gasteiger partial charge in [-0.2, -0.15) is 0 Å². The van der Waals surface area contributed by atoms with Crippen LogP contribution in [0.15, 0.2) is 0 Å². The highest BCUT2D eigenvalue weighted by Gasteiger charge is 1.95. The van der Waals surface area contributed by atoms with Gasteiger partial charge in [0.1, 0.15) is 0 Å². The highest BCUT2D eigenvalue weighted by molar-refractivity contribution is 14.1. The molecule has 0 rings (SSSR count). The van der Waals surface area contributed by atoms with Crippen molar-refractivity contribution >= 4 is 22.6 Å². The van der Waals surface area contributed by atoms with Crippen molar-refractivity contribution < 1.29 is 0 Å². The van der Waals surface area contributed by atoms with E-state index in [1.165, 1.54) is 139 Å². The normalized spacial score (nSPS) is 11.2. The van der Waals surface area contributed by atoms with E-state index < -0.39 is 0 Å². The SMILES string of the molecule is CCCCCCCCCCCCCCCCCCCCCCCI. The van der Waals surface area contributed by atoms with Gasteiger partial charge in [-0.05, 0) is 10.8 Å². The van der Waals surface area contributed by atoms with Gasteiger partial charge in [0, 0.05) is 0 Å². The minimum absolute atomic E-state index is 1.34. The highest BCUT2D eigenvalue weighted by atomic mass is 127. The Hall–Kier alpha value is 0.730. The van der Waals surface area contributed by atoms with Crippen LogP contribution in [0.3, 0.4) is 0 Å². The van der Waals surface area contributed by atoms with Gasteiger partial charge in [0.25, 0.3) is 0 Å². The number of halogens is 1. The lowest BCUT2D eigenvalue weighted by Crippen LogP contribution is -1.84. The minimum atomic E-state index is 1.34. The molecule has 0 unspecified atom stereocenters. The Bertz CT molecular complexity index is 180. The van der Waals surface area contributed by atoms with Crippen LogP contribution >= 0.6 is 22.6 Å². The lowest BCUT2D eigenvalue weighted by molar-refractivity contribution is 0.521. The molecule has 0 radical (unpaired) electrons. The Morgan fingerprint density at radius 1 is 0.333 bits per heavy atom. The standard InChI is InChI=1S/C23H47I/c1-2-3-4-5-6-7-8-9-10-11-12-13-14-15-16-17-18-19-20-21-22-23-24/h2-23H2,1H3. The molecule has 0 heterocycles. The predicted molar refractivity (Wildman–Crippen MR) is 122 cm³/mol. The average molecular weight is 451 g/mol. The number of unbranched alkanes of at least 4 members (excludes halogenated alkanes) is 20. The molecule has 1 heteroatoms. The van der Waals surface area contributed by atoms with E-state index in [0.717, 1.165) is 0 Å². The summed E-state index contributed by atoms with van der Waals surface area (Å²) in [5.74, 6) is 0. The van der Waals surface area contributed by atoms with E-state index in [0.29, 0.717) is 0 Å². The lowest BCUT2D eigenvalue weighted by atomic mass is 10.0. The molecule has 0 bridgehead atoms. The van der Waals surface area contributed by atoms with Gasteiger partial charge in [-0.3, -0.25) is 0 Å². The van der Waals surface area contributed by atoms with Crippen molar-refractivity contribution in [3.05, 3.63) is 0 Å². The molecule has 0 aromatic carbocycles. The van der Waals surface area contributed by atoms with Gasteiger partial charge in [-0.25, -0.2) is 0 Å². The maximum Gasteiger partial charge on any atom is -0.000473 e. The monoisotopic (exact) mass is 450 g/mol. The summed E-state index contributed by atoms with van der Waals surface area (Å²) in [6.45, 7) is 2.30. The summed E-state index contributed by atoms with van der Waals surface area (Å²) in [6, 6.07) is 0. The summed E-state index contributed by atoms with van der Waals surface area (Å²) in [5.41, 5.74) is 0. The molecule has 0 aromatic rings. The summed E-state index contributed by atoms with van der Waals surface area (Å²) >= 11 is 2.49. The molecule has 24 heavy (non-hydrogen) atoms. The highest BCUT2D eigenvalue weighted by Crippen LogP contribution is 2.15. The third-order valence-corrected chi connectivity index (χ3v) is 6.00. The van der Waals surface area contributed by atoms with Crippen LogP contribution in [0, 0.1) is 0 Å². The molecule has 0 fully saturated rings. The van der Waals surface area contributed by atoms with Gasteiger partial charge in [-0.1, -0.05) is 158 Å². The molecule has 0 N–H and O–H groups in total. The molecule has 146 valence electrons. The van der Waals surface area contributed by atoms with E-state index >= 15 is 0 Å². The van der Waals surface area contributed by atoms with Gasteiger partial charge in [0.15, 0.2) is 0 Å². The van der Waals surface area contributed by atoms with Crippen molar-refractivity contribution in [2.24, 2.45) is 0 Å². The van der Waals surface area contributed by atoms with E-state index in [1.54, 1.807) is 0 Å². The molecular weight excluding hydrogens is 403 g/mol. The largest absolute Gasteiger partial charge is 0.0864 e. The molecule has 0 aliphatic rings. The van der Waals surface area contributed by atoms with Crippen molar-refractivity contribution in [1.29, 1.82) is 0 Å². The Kier molecular flexibility index (Phi) is 24.5. The first kappa shape index (κ1) is 24.7. The number of rotatable bonds is 21. The minimum Gasteiger partial charge on any atom is -0.0864 e. The molecule has 0 aromatic heterocycles. The summed E-state index contributed by atoms with van der Waals surface area (Å²) in [5, 5.41) is 0. The topological polar surface area (TPSA) is 0 Å². The fourth-order valence-corrected chi connectivity index (χ4v) is 4.07. The van der Waals surface area contributed by atoms with Crippen LogP contribution < -0.4 is 0 Å². The zero-order valence-corrected chi connectivity index (χ0v) is 19.1. The lowest BCUT2D eigenvalue weighted by Gasteiger charge is -2.04. The van der Waals surface area contributed by atoms with E-state index in [1.807, 2.05) is 0 Å². The average Bonchev–Trinajstić information content (AvgIpc) is 2.60. The maximum absolute atomic E-state index is 2.49. The second-order valence-electron chi connectivity index (χ2n) is 7.76. The number of hydrogen-bond acceptors (Lipinski definition) is 0. The van der Waals surface area contributed by atoms with Crippen molar-refractivity contribution in [2.75, 3.05) is 4.43 Å². The van der Waals surface area contributed by atoms with Crippen molar-refractivity contribution in [3.63, 3.8) is 0 Å². The summed E-state index contributed by atoms with van der Waals surface area (Å²) in [4.78, 5) is 0. The van der Waals surface area contributed by atoms with Crippen LogP contribution in [-0.4, -0.2) is 4.43 Å². The maximum atomic E-state index is 2.49. The summed E-state index contributed by atoms with van der Waals surface area (Å²) in [7, 11) is 0. The predicted octanol–water partition coefficient (Wildman–Crippen LogP) is 9.63. The Morgan fingerprint density at radius 3 is 0.750 bits per heavy atom. The van der Waals surface area contributed by atoms with Crippen LogP contribution in [-0.2, 0) is 0 Å². The van der Waals surface area contributed by atoms with Gasteiger partial charge in [-0.15, -0.1) is 0 Å². The van der Waals surface area contributed by atoms with E-state index in [-0.39, 0.29) is 0 Å². The second-order valence-corrected chi connectivity index (χ2v) is 8.84. The first-order valence-corrected chi connectivity index (χ1v) is 13.0. The second kappa shape index (κ2) is 23.7. The Balaban J connectivity index is 2.93. The fraction of sp³-hybridized carbons (Fsp3) is 1.00. The van der Waals surface area contributed by atoms with Crippen LogP contribution in [0.5, 0.6) is 0 Å². The van der Waals surface area contributed by atoms with Crippen molar-refractivity contribution in [1.82, 2.24) is 0 Å². The Morgan fingerprint density at radius 2 is 0.542 bits per heavy atom. The van der Waals surface area contributed by atoms with Gasteiger partial charge < -0.3 is 0 Å². The van der Waals surface area contributed by atoms with E-state index in [2.05, 4.69) is 29.5 Å². The van der Waals surface area contributed by atoms with Crippen LogP contribution in [0.25, 0.3) is 0 Å². The van der Waals surface area contributed by atoms with Gasteiger partial charge in [0.05, 0.1) is 0 Å². The van der Waals surface area contributed by atoms with E-state index in [4.69, 9.17) is 0 Å². The molecule has 0 saturated carbocycles.